The molecular weight excluding hydrogens is 116 g/mol. The van der Waals surface area contributed by atoms with Gasteiger partial charge in [0.2, 0.25) is 6.41 Å². The number of hydrogen-bond acceptors (Lipinski definition) is 2. The fourth-order valence-electron chi connectivity index (χ4n) is 0.954. The first-order chi connectivity index (χ1) is 4.43. The quantitative estimate of drug-likeness (QED) is 0.527. The van der Waals surface area contributed by atoms with Crippen LogP contribution in [0.1, 0.15) is 12.8 Å². The lowest BCUT2D eigenvalue weighted by atomic mass is 10.2. The molecule has 1 saturated heterocycles. The topological polar surface area (TPSA) is 32.3 Å². The highest BCUT2D eigenvalue weighted by Crippen LogP contribution is 2.03. The van der Waals surface area contributed by atoms with Crippen LogP contribution in [0.15, 0.2) is 0 Å². The van der Waals surface area contributed by atoms with Crippen LogP contribution in [0.25, 0.3) is 0 Å². The highest BCUT2D eigenvalue weighted by Gasteiger charge is 2.07. The fourth-order valence-corrected chi connectivity index (χ4v) is 0.954. The summed E-state index contributed by atoms with van der Waals surface area (Å²) >= 11 is 0. The Morgan fingerprint density at radius 1 is 1.44 bits per heavy atom. The molecule has 1 aliphatic rings. The van der Waals surface area contributed by atoms with Crippen LogP contribution in [0.2, 0.25) is 0 Å². The molecule has 0 unspecified atom stereocenters. The highest BCUT2D eigenvalue weighted by molar-refractivity contribution is 5.44. The number of rotatable bonds is 2. The molecule has 0 aromatic heterocycles. The number of carbonyl (C=O) groups excluding carboxylic acids is 1. The summed E-state index contributed by atoms with van der Waals surface area (Å²) in [4.78, 5) is 9.91. The Morgan fingerprint density at radius 3 is 2.67 bits per heavy atom. The molecule has 0 saturated carbocycles. The van der Waals surface area contributed by atoms with Gasteiger partial charge >= 0.3 is 0 Å². The van der Waals surface area contributed by atoms with E-state index in [1.165, 1.54) is 0 Å². The molecule has 0 spiro atoms. The summed E-state index contributed by atoms with van der Waals surface area (Å²) < 4.78 is 0. The molecule has 1 amide bonds. The van der Waals surface area contributed by atoms with Crippen molar-refractivity contribution < 1.29 is 4.79 Å². The van der Waals surface area contributed by atoms with Crippen LogP contribution in [0.4, 0.5) is 0 Å². The SMILES string of the molecule is O=CNN1CC[CH]CC1. The molecule has 1 heterocycles. The first-order valence-electron chi connectivity index (χ1n) is 3.20. The Morgan fingerprint density at radius 2 is 2.11 bits per heavy atom. The van der Waals surface area contributed by atoms with Crippen LogP contribution in [-0.2, 0) is 4.79 Å². The van der Waals surface area contributed by atoms with E-state index in [1.54, 1.807) is 0 Å². The number of carbonyl (C=O) groups is 1. The number of amides is 1. The average Bonchev–Trinajstić information content (AvgIpc) is 1.91. The molecule has 1 N–H and O–H groups in total. The van der Waals surface area contributed by atoms with Gasteiger partial charge in [0.1, 0.15) is 0 Å². The second-order valence-corrected chi connectivity index (χ2v) is 2.10. The molecule has 51 valence electrons. The summed E-state index contributed by atoms with van der Waals surface area (Å²) in [7, 11) is 0. The molecule has 1 radical (unpaired) electrons. The maximum absolute atomic E-state index is 9.91. The van der Waals surface area contributed by atoms with E-state index < -0.39 is 0 Å². The number of hydrogen-bond donors (Lipinski definition) is 1. The minimum absolute atomic E-state index is 0.728. The maximum Gasteiger partial charge on any atom is 0.221 e. The van der Waals surface area contributed by atoms with Crippen molar-refractivity contribution in [2.24, 2.45) is 0 Å². The van der Waals surface area contributed by atoms with Crippen LogP contribution in [-0.4, -0.2) is 24.5 Å². The van der Waals surface area contributed by atoms with Gasteiger partial charge in [-0.2, -0.15) is 0 Å². The number of hydrazine groups is 1. The zero-order valence-electron chi connectivity index (χ0n) is 5.34. The lowest BCUT2D eigenvalue weighted by Gasteiger charge is -2.24. The summed E-state index contributed by atoms with van der Waals surface area (Å²) in [5.41, 5.74) is 2.62. The molecule has 1 aliphatic heterocycles. The zero-order chi connectivity index (χ0) is 6.53. The summed E-state index contributed by atoms with van der Waals surface area (Å²) in [6.45, 7) is 1.91. The van der Waals surface area contributed by atoms with E-state index in [0.717, 1.165) is 32.3 Å². The molecule has 0 aromatic carbocycles. The van der Waals surface area contributed by atoms with E-state index in [1.807, 2.05) is 5.01 Å². The highest BCUT2D eigenvalue weighted by atomic mass is 16.1. The third kappa shape index (κ3) is 2.01. The minimum atomic E-state index is 0.728. The van der Waals surface area contributed by atoms with E-state index >= 15 is 0 Å². The molecule has 3 heteroatoms. The first-order valence-corrected chi connectivity index (χ1v) is 3.20. The van der Waals surface area contributed by atoms with Gasteiger partial charge in [-0.25, -0.2) is 5.01 Å². The smallest absolute Gasteiger partial charge is 0.221 e. The number of nitrogens with zero attached hydrogens (tertiary/aromatic N) is 1. The van der Waals surface area contributed by atoms with Crippen molar-refractivity contribution in [2.45, 2.75) is 12.8 Å². The van der Waals surface area contributed by atoms with Gasteiger partial charge in [-0.15, -0.1) is 0 Å². The molecule has 0 aliphatic carbocycles. The van der Waals surface area contributed by atoms with Crippen molar-refractivity contribution in [2.75, 3.05) is 13.1 Å². The predicted octanol–water partition coefficient (Wildman–Crippen LogP) is -0.0525. The van der Waals surface area contributed by atoms with Gasteiger partial charge in [-0.1, -0.05) is 0 Å². The molecule has 1 fully saturated rings. The summed E-state index contributed by atoms with van der Waals surface area (Å²) in [6, 6.07) is 0. The molecule has 1 rings (SSSR count). The van der Waals surface area contributed by atoms with Gasteiger partial charge < -0.3 is 0 Å². The third-order valence-electron chi connectivity index (χ3n) is 1.44. The lowest BCUT2D eigenvalue weighted by molar-refractivity contribution is -0.114. The van der Waals surface area contributed by atoms with Crippen LogP contribution >= 0.6 is 0 Å². The maximum atomic E-state index is 9.91. The fraction of sp³-hybridized carbons (Fsp3) is 0.667. The van der Waals surface area contributed by atoms with E-state index in [2.05, 4.69) is 11.8 Å². The van der Waals surface area contributed by atoms with E-state index in [-0.39, 0.29) is 0 Å². The summed E-state index contributed by atoms with van der Waals surface area (Å²) in [5.74, 6) is 0. The van der Waals surface area contributed by atoms with Crippen molar-refractivity contribution in [3.8, 4) is 0 Å². The Bertz CT molecular complexity index is 89.1. The number of piperidine rings is 1. The van der Waals surface area contributed by atoms with Crippen LogP contribution in [0.3, 0.4) is 0 Å². The van der Waals surface area contributed by atoms with E-state index in [4.69, 9.17) is 0 Å². The third-order valence-corrected chi connectivity index (χ3v) is 1.44. The lowest BCUT2D eigenvalue weighted by Crippen LogP contribution is -2.40. The van der Waals surface area contributed by atoms with Crippen molar-refractivity contribution in [3.63, 3.8) is 0 Å². The Hall–Kier alpha value is -0.570. The monoisotopic (exact) mass is 127 g/mol. The second kappa shape index (κ2) is 3.45. The molecular formula is C6H11N2O. The van der Waals surface area contributed by atoms with Crippen molar-refractivity contribution >= 4 is 6.41 Å². The summed E-state index contributed by atoms with van der Waals surface area (Å²) in [6.07, 6.45) is 5.13. The molecule has 3 nitrogen and oxygen atoms in total. The first kappa shape index (κ1) is 6.55. The van der Waals surface area contributed by atoms with Crippen LogP contribution < -0.4 is 5.43 Å². The van der Waals surface area contributed by atoms with Crippen molar-refractivity contribution in [1.29, 1.82) is 0 Å². The van der Waals surface area contributed by atoms with E-state index in [0.29, 0.717) is 0 Å². The summed E-state index contributed by atoms with van der Waals surface area (Å²) in [5, 5.41) is 1.92. The van der Waals surface area contributed by atoms with Crippen molar-refractivity contribution in [3.05, 3.63) is 6.42 Å². The van der Waals surface area contributed by atoms with Crippen LogP contribution in [0, 0.1) is 6.42 Å². The molecule has 0 aromatic rings. The Labute approximate surface area is 55.0 Å². The molecule has 0 bridgehead atoms. The van der Waals surface area contributed by atoms with Crippen molar-refractivity contribution in [1.82, 2.24) is 10.4 Å². The van der Waals surface area contributed by atoms with Gasteiger partial charge in [0.05, 0.1) is 0 Å². The van der Waals surface area contributed by atoms with Crippen LogP contribution in [0.5, 0.6) is 0 Å². The Kier molecular flexibility index (Phi) is 2.51. The normalized spacial score (nSPS) is 21.3. The molecule has 0 atom stereocenters. The predicted molar refractivity (Wildman–Crippen MR) is 34.3 cm³/mol. The molecule has 9 heavy (non-hydrogen) atoms. The average molecular weight is 127 g/mol. The van der Waals surface area contributed by atoms with Gasteiger partial charge in [0.15, 0.2) is 0 Å². The number of nitrogens with one attached hydrogen (secondary N) is 1. The van der Waals surface area contributed by atoms with Gasteiger partial charge in [-0.3, -0.25) is 10.2 Å². The van der Waals surface area contributed by atoms with Gasteiger partial charge in [-0.05, 0) is 19.3 Å². The standard InChI is InChI=1S/C6H11N2O/c9-6-7-8-4-2-1-3-5-8/h1,6H,2-5H2,(H,7,9). The minimum Gasteiger partial charge on any atom is -0.292 e. The largest absolute Gasteiger partial charge is 0.292 e. The van der Waals surface area contributed by atoms with E-state index in [9.17, 15) is 4.79 Å². The Balaban J connectivity index is 2.15. The second-order valence-electron chi connectivity index (χ2n) is 2.10. The zero-order valence-corrected chi connectivity index (χ0v) is 5.34. The van der Waals surface area contributed by atoms with Gasteiger partial charge in [0, 0.05) is 13.1 Å². The van der Waals surface area contributed by atoms with Gasteiger partial charge in [0.25, 0.3) is 0 Å².